The van der Waals surface area contributed by atoms with E-state index in [0.29, 0.717) is 16.1 Å². The Balaban J connectivity index is 1.97. The van der Waals surface area contributed by atoms with E-state index in [1.165, 1.54) is 31.6 Å². The Hall–Kier alpha value is -3.63. The van der Waals surface area contributed by atoms with E-state index in [0.717, 1.165) is 12.1 Å². The molecule has 0 amide bonds. The minimum atomic E-state index is -4.82. The van der Waals surface area contributed by atoms with Gasteiger partial charge >= 0.3 is 12.4 Å². The zero-order valence-electron chi connectivity index (χ0n) is 16.4. The predicted octanol–water partition coefficient (Wildman–Crippen LogP) is 5.89. The van der Waals surface area contributed by atoms with Crippen molar-refractivity contribution >= 4 is 5.65 Å². The largest absolute Gasteiger partial charge is 0.493 e. The number of aromatic nitrogens is 4. The molecule has 3 aromatic heterocycles. The van der Waals surface area contributed by atoms with Crippen molar-refractivity contribution in [3.8, 4) is 28.1 Å². The summed E-state index contributed by atoms with van der Waals surface area (Å²) in [5.41, 5.74) is -2.05. The minimum Gasteiger partial charge on any atom is -0.493 e. The number of halogens is 6. The molecule has 0 aliphatic rings. The molecule has 0 fully saturated rings. The van der Waals surface area contributed by atoms with Crippen LogP contribution in [0.2, 0.25) is 0 Å². The van der Waals surface area contributed by atoms with Crippen LogP contribution in [0.5, 0.6) is 5.75 Å². The number of fused-ring (bicyclic) bond motifs is 1. The number of alkyl halides is 6. The van der Waals surface area contributed by atoms with Crippen LogP contribution < -0.4 is 4.74 Å². The Labute approximate surface area is 177 Å². The van der Waals surface area contributed by atoms with Gasteiger partial charge in [-0.15, -0.1) is 0 Å². The standard InChI is InChI=1S/C21H14F6N4O/c1-2-32-17-4-3-13(9-15(17)20(22,23)24)16-10-18(21(25,26)27)31-19(30-16)14(11-29-31)12-5-7-28-8-6-12/h3-11H,2H2,1H3. The molecule has 0 unspecified atom stereocenters. The molecule has 32 heavy (non-hydrogen) atoms. The molecular formula is C21H14F6N4O. The number of hydrogen-bond acceptors (Lipinski definition) is 4. The van der Waals surface area contributed by atoms with Gasteiger partial charge in [-0.05, 0) is 48.9 Å². The van der Waals surface area contributed by atoms with E-state index in [-0.39, 0.29) is 29.1 Å². The highest BCUT2D eigenvalue weighted by molar-refractivity contribution is 5.79. The number of ether oxygens (including phenoxy) is 1. The molecule has 3 heterocycles. The molecule has 0 spiro atoms. The van der Waals surface area contributed by atoms with Crippen molar-refractivity contribution < 1.29 is 31.1 Å². The molecule has 4 aromatic rings. The summed E-state index contributed by atoms with van der Waals surface area (Å²) in [6.45, 7) is 1.52. The molecule has 5 nitrogen and oxygen atoms in total. The van der Waals surface area contributed by atoms with Crippen molar-refractivity contribution in [1.82, 2.24) is 19.6 Å². The molecule has 0 aliphatic carbocycles. The second-order valence-corrected chi connectivity index (χ2v) is 6.70. The Morgan fingerprint density at radius 1 is 0.906 bits per heavy atom. The Morgan fingerprint density at radius 2 is 1.62 bits per heavy atom. The van der Waals surface area contributed by atoms with Crippen molar-refractivity contribution in [2.45, 2.75) is 19.3 Å². The molecule has 0 atom stereocenters. The van der Waals surface area contributed by atoms with E-state index in [9.17, 15) is 26.3 Å². The number of benzene rings is 1. The highest BCUT2D eigenvalue weighted by Gasteiger charge is 2.37. The molecule has 11 heteroatoms. The molecule has 0 aliphatic heterocycles. The van der Waals surface area contributed by atoms with Gasteiger partial charge in [0.25, 0.3) is 0 Å². The summed E-state index contributed by atoms with van der Waals surface area (Å²) in [7, 11) is 0. The lowest BCUT2D eigenvalue weighted by Gasteiger charge is -2.16. The highest BCUT2D eigenvalue weighted by atomic mass is 19.4. The third kappa shape index (κ3) is 3.97. The van der Waals surface area contributed by atoms with Gasteiger partial charge in [0.1, 0.15) is 5.75 Å². The van der Waals surface area contributed by atoms with Gasteiger partial charge in [-0.1, -0.05) is 0 Å². The zero-order chi connectivity index (χ0) is 23.1. The van der Waals surface area contributed by atoms with E-state index in [1.54, 1.807) is 12.1 Å². The summed E-state index contributed by atoms with van der Waals surface area (Å²) in [6.07, 6.45) is -5.47. The lowest BCUT2D eigenvalue weighted by atomic mass is 10.1. The van der Waals surface area contributed by atoms with Gasteiger partial charge < -0.3 is 4.74 Å². The Morgan fingerprint density at radius 3 is 2.25 bits per heavy atom. The van der Waals surface area contributed by atoms with Crippen LogP contribution >= 0.6 is 0 Å². The third-order valence-electron chi connectivity index (χ3n) is 4.63. The summed E-state index contributed by atoms with van der Waals surface area (Å²) in [5.74, 6) is -0.414. The van der Waals surface area contributed by atoms with Crippen LogP contribution in [0, 0.1) is 0 Å². The van der Waals surface area contributed by atoms with Gasteiger partial charge in [-0.25, -0.2) is 9.50 Å². The molecule has 4 rings (SSSR count). The van der Waals surface area contributed by atoms with Crippen molar-refractivity contribution in [2.24, 2.45) is 0 Å². The summed E-state index contributed by atoms with van der Waals surface area (Å²) >= 11 is 0. The first-order valence-electron chi connectivity index (χ1n) is 9.30. The van der Waals surface area contributed by atoms with Crippen LogP contribution in [0.1, 0.15) is 18.2 Å². The van der Waals surface area contributed by atoms with Crippen LogP contribution in [-0.4, -0.2) is 26.2 Å². The fraction of sp³-hybridized carbons (Fsp3) is 0.190. The van der Waals surface area contributed by atoms with E-state index >= 15 is 0 Å². The molecule has 0 N–H and O–H groups in total. The molecular weight excluding hydrogens is 438 g/mol. The normalized spacial score (nSPS) is 12.3. The quantitative estimate of drug-likeness (QED) is 0.362. The lowest BCUT2D eigenvalue weighted by molar-refractivity contribution is -0.142. The van der Waals surface area contributed by atoms with Crippen LogP contribution in [0.3, 0.4) is 0 Å². The van der Waals surface area contributed by atoms with E-state index in [1.807, 2.05) is 0 Å². The Bertz CT molecular complexity index is 1270. The van der Waals surface area contributed by atoms with Gasteiger partial charge in [0, 0.05) is 23.5 Å². The molecule has 0 radical (unpaired) electrons. The Kier molecular flexibility index (Phi) is 5.27. The predicted molar refractivity (Wildman–Crippen MR) is 103 cm³/mol. The average molecular weight is 452 g/mol. The maximum Gasteiger partial charge on any atom is 0.433 e. The topological polar surface area (TPSA) is 52.3 Å². The first-order valence-corrected chi connectivity index (χ1v) is 9.30. The van der Waals surface area contributed by atoms with Crippen LogP contribution in [0.15, 0.2) is 55.0 Å². The SMILES string of the molecule is CCOc1ccc(-c2cc(C(F)(F)F)n3ncc(-c4ccncc4)c3n2)cc1C(F)(F)F. The monoisotopic (exact) mass is 452 g/mol. The van der Waals surface area contributed by atoms with Gasteiger partial charge in [0.15, 0.2) is 11.3 Å². The van der Waals surface area contributed by atoms with Gasteiger partial charge in [0.2, 0.25) is 0 Å². The lowest BCUT2D eigenvalue weighted by Crippen LogP contribution is -2.14. The van der Waals surface area contributed by atoms with Gasteiger partial charge in [0.05, 0.1) is 24.1 Å². The molecule has 166 valence electrons. The van der Waals surface area contributed by atoms with Crippen molar-refractivity contribution in [2.75, 3.05) is 6.61 Å². The first-order chi connectivity index (χ1) is 15.1. The van der Waals surface area contributed by atoms with Crippen molar-refractivity contribution in [3.63, 3.8) is 0 Å². The number of rotatable bonds is 4. The number of pyridine rings is 1. The smallest absolute Gasteiger partial charge is 0.433 e. The van der Waals surface area contributed by atoms with Crippen LogP contribution in [0.25, 0.3) is 28.0 Å². The maximum absolute atomic E-state index is 13.8. The molecule has 1 aromatic carbocycles. The van der Waals surface area contributed by atoms with E-state index < -0.39 is 29.4 Å². The summed E-state index contributed by atoms with van der Waals surface area (Å²) in [4.78, 5) is 8.09. The minimum absolute atomic E-state index is 0.00399. The second-order valence-electron chi connectivity index (χ2n) is 6.70. The summed E-state index contributed by atoms with van der Waals surface area (Å²) in [6, 6.07) is 6.84. The number of nitrogens with zero attached hydrogens (tertiary/aromatic N) is 4. The maximum atomic E-state index is 13.8. The van der Waals surface area contributed by atoms with E-state index in [4.69, 9.17) is 4.74 Å². The second kappa shape index (κ2) is 7.81. The highest BCUT2D eigenvalue weighted by Crippen LogP contribution is 2.40. The summed E-state index contributed by atoms with van der Waals surface area (Å²) in [5, 5.41) is 3.81. The van der Waals surface area contributed by atoms with Crippen molar-refractivity contribution in [3.05, 3.63) is 66.2 Å². The van der Waals surface area contributed by atoms with Gasteiger partial charge in [-0.3, -0.25) is 4.98 Å². The van der Waals surface area contributed by atoms with Crippen LogP contribution in [0.4, 0.5) is 26.3 Å². The fourth-order valence-corrected chi connectivity index (χ4v) is 3.24. The van der Waals surface area contributed by atoms with Crippen LogP contribution in [-0.2, 0) is 12.4 Å². The summed E-state index contributed by atoms with van der Waals surface area (Å²) < 4.78 is 87.5. The molecule has 0 saturated carbocycles. The van der Waals surface area contributed by atoms with Gasteiger partial charge in [-0.2, -0.15) is 31.4 Å². The van der Waals surface area contributed by atoms with Crippen molar-refractivity contribution in [1.29, 1.82) is 0 Å². The number of hydrogen-bond donors (Lipinski definition) is 0. The first kappa shape index (κ1) is 21.6. The molecule has 0 bridgehead atoms. The van der Waals surface area contributed by atoms with E-state index in [2.05, 4.69) is 15.1 Å². The third-order valence-corrected chi connectivity index (χ3v) is 4.63. The fourth-order valence-electron chi connectivity index (χ4n) is 3.24. The average Bonchev–Trinajstić information content (AvgIpc) is 3.16. The zero-order valence-corrected chi connectivity index (χ0v) is 16.4. The molecule has 0 saturated heterocycles.